The number of aliphatic hydroxyl groups is 1. The molecule has 20 heavy (non-hydrogen) atoms. The molecule has 0 saturated heterocycles. The molecule has 6 heteroatoms. The Balaban J connectivity index is 2.50. The Bertz CT molecular complexity index is 474. The number of nitrogens with two attached hydrogens (primary N) is 1. The molecule has 1 atom stereocenters. The van der Waals surface area contributed by atoms with E-state index in [0.29, 0.717) is 11.3 Å². The normalized spacial score (nSPS) is 12.1. The van der Waals surface area contributed by atoms with E-state index >= 15 is 0 Å². The lowest BCUT2D eigenvalue weighted by molar-refractivity contribution is -0.125. The van der Waals surface area contributed by atoms with Crippen molar-refractivity contribution < 1.29 is 14.7 Å². The summed E-state index contributed by atoms with van der Waals surface area (Å²) in [5.41, 5.74) is 6.81. The molecule has 0 aromatic heterocycles. The zero-order valence-corrected chi connectivity index (χ0v) is 11.7. The third-order valence-electron chi connectivity index (χ3n) is 2.91. The van der Waals surface area contributed by atoms with Gasteiger partial charge in [-0.2, -0.15) is 0 Å². The molecule has 5 N–H and O–H groups in total. The van der Waals surface area contributed by atoms with E-state index in [4.69, 9.17) is 10.8 Å². The molecule has 0 spiro atoms. The molecule has 0 heterocycles. The molecule has 110 valence electrons. The van der Waals surface area contributed by atoms with Crippen LogP contribution in [0.3, 0.4) is 0 Å². The Labute approximate surface area is 118 Å². The van der Waals surface area contributed by atoms with Crippen LogP contribution < -0.4 is 16.4 Å². The first-order chi connectivity index (χ1) is 9.45. The molecule has 0 fully saturated rings. The summed E-state index contributed by atoms with van der Waals surface area (Å²) >= 11 is 0. The van der Waals surface area contributed by atoms with Gasteiger partial charge in [0, 0.05) is 11.3 Å². The number of carbonyl (C=O) groups is 2. The largest absolute Gasteiger partial charge is 0.392 e. The van der Waals surface area contributed by atoms with Gasteiger partial charge in [0.1, 0.15) is 0 Å². The lowest BCUT2D eigenvalue weighted by Crippen LogP contribution is -2.46. The van der Waals surface area contributed by atoms with Crippen LogP contribution >= 0.6 is 0 Å². The minimum Gasteiger partial charge on any atom is -0.392 e. The fourth-order valence-corrected chi connectivity index (χ4v) is 1.56. The second-order valence-corrected chi connectivity index (χ2v) is 4.85. The second kappa shape index (κ2) is 7.62. The van der Waals surface area contributed by atoms with Gasteiger partial charge in [-0.1, -0.05) is 32.0 Å². The SMILES string of the molecule is CC(C)C(N)C(=O)NCC(=O)Nc1ccccc1CO. The quantitative estimate of drug-likeness (QED) is 0.597. The Morgan fingerprint density at radius 2 is 1.95 bits per heavy atom. The number of hydrogen-bond donors (Lipinski definition) is 4. The first-order valence-corrected chi connectivity index (χ1v) is 6.47. The van der Waals surface area contributed by atoms with Gasteiger partial charge in [-0.25, -0.2) is 0 Å². The van der Waals surface area contributed by atoms with Gasteiger partial charge in [0.25, 0.3) is 0 Å². The molecule has 0 radical (unpaired) electrons. The molecule has 1 rings (SSSR count). The van der Waals surface area contributed by atoms with Crippen molar-refractivity contribution in [2.45, 2.75) is 26.5 Å². The summed E-state index contributed by atoms with van der Waals surface area (Å²) in [6.45, 7) is 3.35. The van der Waals surface area contributed by atoms with Gasteiger partial charge in [0.05, 0.1) is 19.2 Å². The molecule has 1 aromatic carbocycles. The van der Waals surface area contributed by atoms with Crippen molar-refractivity contribution in [2.24, 2.45) is 11.7 Å². The van der Waals surface area contributed by atoms with E-state index < -0.39 is 6.04 Å². The average molecular weight is 279 g/mol. The molecule has 0 aliphatic carbocycles. The molecule has 6 nitrogen and oxygen atoms in total. The van der Waals surface area contributed by atoms with Crippen LogP contribution in [0.1, 0.15) is 19.4 Å². The van der Waals surface area contributed by atoms with Gasteiger partial charge in [-0.3, -0.25) is 9.59 Å². The highest BCUT2D eigenvalue weighted by molar-refractivity contribution is 5.95. The van der Waals surface area contributed by atoms with Gasteiger partial charge in [0.15, 0.2) is 0 Å². The maximum atomic E-state index is 11.7. The standard InChI is InChI=1S/C14H21N3O3/c1-9(2)13(15)14(20)16-7-12(19)17-11-6-4-3-5-10(11)8-18/h3-6,9,13,18H,7-8,15H2,1-2H3,(H,16,20)(H,17,19). The van der Waals surface area contributed by atoms with Crippen molar-refractivity contribution in [3.05, 3.63) is 29.8 Å². The summed E-state index contributed by atoms with van der Waals surface area (Å²) in [6, 6.07) is 6.29. The topological polar surface area (TPSA) is 104 Å². The van der Waals surface area contributed by atoms with Crippen LogP contribution in [-0.2, 0) is 16.2 Å². The van der Waals surface area contributed by atoms with Gasteiger partial charge in [0.2, 0.25) is 11.8 Å². The molecule has 1 unspecified atom stereocenters. The number of benzene rings is 1. The van der Waals surface area contributed by atoms with Crippen LogP contribution in [0.5, 0.6) is 0 Å². The summed E-state index contributed by atoms with van der Waals surface area (Å²) in [5.74, 6) is -0.714. The maximum Gasteiger partial charge on any atom is 0.243 e. The monoisotopic (exact) mass is 279 g/mol. The smallest absolute Gasteiger partial charge is 0.243 e. The highest BCUT2D eigenvalue weighted by atomic mass is 16.3. The number of nitrogens with one attached hydrogen (secondary N) is 2. The molecule has 0 saturated carbocycles. The Kier molecular flexibility index (Phi) is 6.14. The Hall–Kier alpha value is -1.92. The Morgan fingerprint density at radius 3 is 2.55 bits per heavy atom. The van der Waals surface area contributed by atoms with Crippen LogP contribution in [-0.4, -0.2) is 29.5 Å². The van der Waals surface area contributed by atoms with E-state index in [1.807, 2.05) is 13.8 Å². The molecule has 1 aromatic rings. The average Bonchev–Trinajstić information content (AvgIpc) is 2.44. The number of anilines is 1. The van der Waals surface area contributed by atoms with Gasteiger partial charge >= 0.3 is 0 Å². The highest BCUT2D eigenvalue weighted by Gasteiger charge is 2.17. The Morgan fingerprint density at radius 1 is 1.30 bits per heavy atom. The summed E-state index contributed by atoms with van der Waals surface area (Å²) in [5, 5.41) is 14.3. The predicted molar refractivity (Wildman–Crippen MR) is 76.8 cm³/mol. The van der Waals surface area contributed by atoms with Crippen molar-refractivity contribution in [3.8, 4) is 0 Å². The summed E-state index contributed by atoms with van der Waals surface area (Å²) in [7, 11) is 0. The fourth-order valence-electron chi connectivity index (χ4n) is 1.56. The highest BCUT2D eigenvalue weighted by Crippen LogP contribution is 2.14. The van der Waals surface area contributed by atoms with E-state index in [1.54, 1.807) is 24.3 Å². The van der Waals surface area contributed by atoms with Crippen LogP contribution in [0.4, 0.5) is 5.69 Å². The van der Waals surface area contributed by atoms with E-state index in [0.717, 1.165) is 0 Å². The van der Waals surface area contributed by atoms with Crippen molar-refractivity contribution in [2.75, 3.05) is 11.9 Å². The lowest BCUT2D eigenvalue weighted by Gasteiger charge is -2.15. The van der Waals surface area contributed by atoms with Gasteiger partial charge in [-0.05, 0) is 12.0 Å². The van der Waals surface area contributed by atoms with Crippen molar-refractivity contribution in [1.82, 2.24) is 5.32 Å². The number of rotatable bonds is 6. The van der Waals surface area contributed by atoms with Crippen LogP contribution in [0.2, 0.25) is 0 Å². The van der Waals surface area contributed by atoms with Crippen LogP contribution in [0, 0.1) is 5.92 Å². The molecule has 2 amide bonds. The fraction of sp³-hybridized carbons (Fsp3) is 0.429. The molecule has 0 aliphatic rings. The van der Waals surface area contributed by atoms with Crippen LogP contribution in [0.15, 0.2) is 24.3 Å². The second-order valence-electron chi connectivity index (χ2n) is 4.85. The third-order valence-corrected chi connectivity index (χ3v) is 2.91. The van der Waals surface area contributed by atoms with Gasteiger partial charge in [-0.15, -0.1) is 0 Å². The first-order valence-electron chi connectivity index (χ1n) is 6.47. The minimum absolute atomic E-state index is 0.00757. The van der Waals surface area contributed by atoms with Crippen LogP contribution in [0.25, 0.3) is 0 Å². The number of aliphatic hydroxyl groups excluding tert-OH is 1. The third kappa shape index (κ3) is 4.64. The zero-order valence-electron chi connectivity index (χ0n) is 11.7. The van der Waals surface area contributed by atoms with E-state index in [2.05, 4.69) is 10.6 Å². The van der Waals surface area contributed by atoms with Gasteiger partial charge < -0.3 is 21.5 Å². The van der Waals surface area contributed by atoms with Crippen molar-refractivity contribution >= 4 is 17.5 Å². The number of amides is 2. The molecule has 0 bridgehead atoms. The summed E-state index contributed by atoms with van der Waals surface area (Å²) in [6.07, 6.45) is 0. The molecular weight excluding hydrogens is 258 g/mol. The number of hydrogen-bond acceptors (Lipinski definition) is 4. The van der Waals surface area contributed by atoms with Crippen molar-refractivity contribution in [3.63, 3.8) is 0 Å². The molecular formula is C14H21N3O3. The zero-order chi connectivity index (χ0) is 15.1. The summed E-state index contributed by atoms with van der Waals surface area (Å²) < 4.78 is 0. The number of para-hydroxylation sites is 1. The lowest BCUT2D eigenvalue weighted by atomic mass is 10.1. The number of carbonyl (C=O) groups excluding carboxylic acids is 2. The summed E-state index contributed by atoms with van der Waals surface area (Å²) in [4.78, 5) is 23.3. The van der Waals surface area contributed by atoms with E-state index in [-0.39, 0.29) is 30.9 Å². The maximum absolute atomic E-state index is 11.7. The minimum atomic E-state index is -0.632. The first kappa shape index (κ1) is 16.1. The molecule has 0 aliphatic heterocycles. The van der Waals surface area contributed by atoms with Crippen molar-refractivity contribution in [1.29, 1.82) is 0 Å². The van der Waals surface area contributed by atoms with E-state index in [1.165, 1.54) is 0 Å². The predicted octanol–water partition coefficient (Wildman–Crippen LogP) is 0.217. The van der Waals surface area contributed by atoms with E-state index in [9.17, 15) is 9.59 Å².